The molecule has 316 valence electrons. The second-order valence-corrected chi connectivity index (χ2v) is 16.9. The minimum absolute atomic E-state index is 0.0645. The first-order chi connectivity index (χ1) is 29.3. The Bertz CT molecular complexity index is 2200. The van der Waals surface area contributed by atoms with Crippen molar-refractivity contribution in [3.63, 3.8) is 0 Å². The molecule has 1 atom stereocenters. The van der Waals surface area contributed by atoms with Crippen molar-refractivity contribution < 1.29 is 18.7 Å². The van der Waals surface area contributed by atoms with E-state index in [1.807, 2.05) is 6.20 Å². The third kappa shape index (κ3) is 11.0. The van der Waals surface area contributed by atoms with Crippen molar-refractivity contribution in [1.29, 1.82) is 0 Å². The number of allylic oxidation sites excluding steroid dienone is 1. The molecule has 1 aliphatic carbocycles. The van der Waals surface area contributed by atoms with Gasteiger partial charge in [-0.3, -0.25) is 14.6 Å². The van der Waals surface area contributed by atoms with E-state index in [4.69, 9.17) is 26.1 Å². The molecule has 60 heavy (non-hydrogen) atoms. The van der Waals surface area contributed by atoms with E-state index in [0.717, 1.165) is 112 Å². The maximum Gasteiger partial charge on any atom is 0.229 e. The average molecular weight is 834 g/mol. The Labute approximate surface area is 358 Å². The van der Waals surface area contributed by atoms with E-state index >= 15 is 0 Å². The molecule has 2 aliphatic heterocycles. The summed E-state index contributed by atoms with van der Waals surface area (Å²) in [6.45, 7) is 12.7. The van der Waals surface area contributed by atoms with Gasteiger partial charge in [-0.25, -0.2) is 9.37 Å². The van der Waals surface area contributed by atoms with Crippen LogP contribution in [0.5, 0.6) is 0 Å². The molecule has 0 bridgehead atoms. The first-order valence-electron chi connectivity index (χ1n) is 21.7. The summed E-state index contributed by atoms with van der Waals surface area (Å²) in [5.41, 5.74) is 8.31. The molecule has 0 radical (unpaired) electrons. The summed E-state index contributed by atoms with van der Waals surface area (Å²) in [7, 11) is 0. The highest BCUT2D eigenvalue weighted by molar-refractivity contribution is 6.30. The number of nitrogens with zero attached hydrogens (tertiary/aromatic N) is 5. The quantitative estimate of drug-likeness (QED) is 0.0896. The lowest BCUT2D eigenvalue weighted by Crippen LogP contribution is -2.46. The molecule has 1 amide bonds. The highest BCUT2D eigenvalue weighted by Crippen LogP contribution is 2.37. The first kappa shape index (κ1) is 42.1. The van der Waals surface area contributed by atoms with Gasteiger partial charge in [0, 0.05) is 104 Å². The molecule has 1 unspecified atom stereocenters. The Morgan fingerprint density at radius 2 is 1.60 bits per heavy atom. The van der Waals surface area contributed by atoms with Gasteiger partial charge >= 0.3 is 0 Å². The number of ether oxygens (including phenoxy) is 2. The number of piperazine rings is 1. The van der Waals surface area contributed by atoms with Crippen LogP contribution in [-0.4, -0.2) is 89.4 Å². The van der Waals surface area contributed by atoms with E-state index in [1.54, 1.807) is 6.07 Å². The van der Waals surface area contributed by atoms with Gasteiger partial charge in [-0.05, 0) is 72.6 Å². The number of benzene rings is 3. The van der Waals surface area contributed by atoms with Crippen molar-refractivity contribution in [2.24, 2.45) is 0 Å². The topological polar surface area (TPSA) is 96.8 Å². The van der Waals surface area contributed by atoms with E-state index < -0.39 is 5.82 Å². The molecule has 8 rings (SSSR count). The molecule has 1 saturated carbocycles. The summed E-state index contributed by atoms with van der Waals surface area (Å²) in [5.74, 6) is 0.277. The zero-order valence-electron chi connectivity index (χ0n) is 34.5. The Hall–Kier alpha value is -4.65. The van der Waals surface area contributed by atoms with Gasteiger partial charge in [0.25, 0.3) is 0 Å². The van der Waals surface area contributed by atoms with Crippen molar-refractivity contribution >= 4 is 40.2 Å². The lowest BCUT2D eigenvalue weighted by Gasteiger charge is -2.34. The number of halogens is 2. The molecule has 3 fully saturated rings. The average Bonchev–Trinajstić information content (AvgIpc) is 3.63. The highest BCUT2D eigenvalue weighted by Gasteiger charge is 2.24. The van der Waals surface area contributed by atoms with Crippen LogP contribution in [0.4, 0.5) is 16.0 Å². The maximum atomic E-state index is 14.0. The van der Waals surface area contributed by atoms with Gasteiger partial charge < -0.3 is 24.7 Å². The first-order valence-corrected chi connectivity index (χ1v) is 22.1. The monoisotopic (exact) mass is 833 g/mol. The van der Waals surface area contributed by atoms with Crippen LogP contribution in [0.2, 0.25) is 5.02 Å². The van der Waals surface area contributed by atoms with Crippen molar-refractivity contribution in [2.45, 2.75) is 76.3 Å². The second kappa shape index (κ2) is 20.3. The third-order valence-corrected chi connectivity index (χ3v) is 12.5. The molecule has 10 nitrogen and oxygen atoms in total. The lowest BCUT2D eigenvalue weighted by atomic mass is 9.88. The Morgan fingerprint density at radius 3 is 2.35 bits per heavy atom. The van der Waals surface area contributed by atoms with E-state index in [1.165, 1.54) is 48.1 Å². The summed E-state index contributed by atoms with van der Waals surface area (Å²) in [5, 5.41) is 7.37. The zero-order valence-corrected chi connectivity index (χ0v) is 35.3. The number of rotatable bonds is 17. The van der Waals surface area contributed by atoms with Gasteiger partial charge in [-0.2, -0.15) is 4.98 Å². The normalized spacial score (nSPS) is 18.3. The molecule has 0 spiro atoms. The van der Waals surface area contributed by atoms with Crippen LogP contribution < -0.4 is 10.6 Å². The van der Waals surface area contributed by atoms with Gasteiger partial charge in [0.1, 0.15) is 11.5 Å². The van der Waals surface area contributed by atoms with Gasteiger partial charge in [0.2, 0.25) is 11.9 Å². The van der Waals surface area contributed by atoms with Crippen LogP contribution in [0.1, 0.15) is 80.0 Å². The summed E-state index contributed by atoms with van der Waals surface area (Å²) in [6.07, 6.45) is 13.4. The fraction of sp³-hybridized carbons (Fsp3) is 0.438. The zero-order chi connectivity index (χ0) is 41.3. The molecular formula is C48H57ClFN7O3. The van der Waals surface area contributed by atoms with Gasteiger partial charge in [0.15, 0.2) is 0 Å². The Kier molecular flexibility index (Phi) is 14.2. The SMILES string of the molecule is C=C1NC(=O)CCC1c1ccc(CCCOCCOCCN2CCN(Cc3ccc(-c4cn(C5CCCCC5)c5nc(Nc6cc(F)cc(Cl)c6)ncc45)cc3)CC2)cc1. The standard InChI is InChI=1S/C48H57ClFN7O3/c1-34-43(17-18-46(58)52-34)37-13-9-35(10-14-37)6-5-24-59-26-27-60-25-23-55-19-21-56(22-20-55)32-36-11-15-38(16-12-36)45-33-57(42-7-3-2-4-8-42)47-44(45)31-51-48(54-47)53-41-29-39(49)28-40(50)30-41/h9-16,28-31,33,42-43H,1-8,17-27,32H2,(H,52,58)(H,51,53,54). The van der Waals surface area contributed by atoms with Crippen LogP contribution in [0.3, 0.4) is 0 Å². The van der Waals surface area contributed by atoms with Crippen LogP contribution in [0, 0.1) is 5.82 Å². The summed E-state index contributed by atoms with van der Waals surface area (Å²) >= 11 is 6.11. The summed E-state index contributed by atoms with van der Waals surface area (Å²) in [4.78, 5) is 26.2. The van der Waals surface area contributed by atoms with Gasteiger partial charge in [-0.15, -0.1) is 0 Å². The number of piperidine rings is 1. The molecule has 2 N–H and O–H groups in total. The summed E-state index contributed by atoms with van der Waals surface area (Å²) < 4.78 is 28.1. The third-order valence-electron chi connectivity index (χ3n) is 12.2. The largest absolute Gasteiger partial charge is 0.379 e. The Balaban J connectivity index is 0.744. The predicted molar refractivity (Wildman–Crippen MR) is 237 cm³/mol. The maximum absolute atomic E-state index is 14.0. The number of hydrogen-bond acceptors (Lipinski definition) is 8. The van der Waals surface area contributed by atoms with Crippen molar-refractivity contribution in [1.82, 2.24) is 29.7 Å². The van der Waals surface area contributed by atoms with Crippen LogP contribution in [0.15, 0.2) is 91.4 Å². The molecule has 2 saturated heterocycles. The number of fused-ring (bicyclic) bond motifs is 1. The number of carbonyl (C=O) groups excluding carboxylic acids is 1. The number of carbonyl (C=O) groups is 1. The van der Waals surface area contributed by atoms with Crippen LogP contribution in [0.25, 0.3) is 22.2 Å². The molecule has 4 heterocycles. The lowest BCUT2D eigenvalue weighted by molar-refractivity contribution is -0.121. The Morgan fingerprint density at radius 1 is 0.867 bits per heavy atom. The van der Waals surface area contributed by atoms with Crippen LogP contribution >= 0.6 is 11.6 Å². The van der Waals surface area contributed by atoms with E-state index in [-0.39, 0.29) is 11.8 Å². The number of aryl methyl sites for hydroxylation is 1. The molecule has 12 heteroatoms. The van der Waals surface area contributed by atoms with Gasteiger partial charge in [-0.1, -0.05) is 86.0 Å². The van der Waals surface area contributed by atoms with Crippen molar-refractivity contribution in [2.75, 3.05) is 64.5 Å². The number of hydrogen-bond donors (Lipinski definition) is 2. The van der Waals surface area contributed by atoms with Crippen molar-refractivity contribution in [3.05, 3.63) is 119 Å². The smallest absolute Gasteiger partial charge is 0.229 e. The molecular weight excluding hydrogens is 777 g/mol. The minimum atomic E-state index is -0.409. The molecule has 3 aromatic carbocycles. The molecule has 5 aromatic rings. The van der Waals surface area contributed by atoms with Gasteiger partial charge in [0.05, 0.1) is 19.8 Å². The number of nitrogens with one attached hydrogen (secondary N) is 2. The van der Waals surface area contributed by atoms with Crippen molar-refractivity contribution in [3.8, 4) is 11.1 Å². The summed E-state index contributed by atoms with van der Waals surface area (Å²) in [6, 6.07) is 22.4. The minimum Gasteiger partial charge on any atom is -0.379 e. The van der Waals surface area contributed by atoms with Crippen LogP contribution in [-0.2, 0) is 27.2 Å². The van der Waals surface area contributed by atoms with E-state index in [9.17, 15) is 9.18 Å². The number of aromatic nitrogens is 3. The molecule has 2 aromatic heterocycles. The number of amides is 1. The van der Waals surface area contributed by atoms with E-state index in [0.29, 0.717) is 42.3 Å². The van der Waals surface area contributed by atoms with E-state index in [2.05, 4.69) is 91.3 Å². The number of anilines is 2. The molecule has 3 aliphatic rings. The fourth-order valence-corrected chi connectivity index (χ4v) is 9.11. The highest BCUT2D eigenvalue weighted by atomic mass is 35.5. The second-order valence-electron chi connectivity index (χ2n) is 16.5. The fourth-order valence-electron chi connectivity index (χ4n) is 8.89. The predicted octanol–water partition coefficient (Wildman–Crippen LogP) is 9.43.